The van der Waals surface area contributed by atoms with Crippen molar-refractivity contribution in [2.24, 2.45) is 0 Å². The Morgan fingerprint density at radius 2 is 2.00 bits per heavy atom. The number of carboxylic acids is 1. The average molecular weight is 355 g/mol. The number of ether oxygens (including phenoxy) is 1. The highest BCUT2D eigenvalue weighted by Gasteiger charge is 2.28. The standard InChI is InChI=1S/C20H25N3O3/c1-3-16-17(4-2)21-22-19(18(16)20(24)25)26-15-10-11-23(13-15)12-14-8-6-5-7-9-14/h5-9,15H,3-4,10-13H2,1-2H3,(H,24,25). The van der Waals surface area contributed by atoms with Gasteiger partial charge >= 0.3 is 5.97 Å². The van der Waals surface area contributed by atoms with Gasteiger partial charge in [-0.2, -0.15) is 5.10 Å². The monoisotopic (exact) mass is 355 g/mol. The molecule has 138 valence electrons. The molecule has 0 amide bonds. The lowest BCUT2D eigenvalue weighted by atomic mass is 10.0. The van der Waals surface area contributed by atoms with E-state index < -0.39 is 5.97 Å². The first kappa shape index (κ1) is 18.3. The fourth-order valence-electron chi connectivity index (χ4n) is 3.49. The lowest BCUT2D eigenvalue weighted by Gasteiger charge is -2.18. The summed E-state index contributed by atoms with van der Waals surface area (Å²) in [7, 11) is 0. The number of nitrogens with zero attached hydrogens (tertiary/aromatic N) is 3. The zero-order valence-electron chi connectivity index (χ0n) is 15.3. The van der Waals surface area contributed by atoms with Crippen LogP contribution < -0.4 is 4.74 Å². The van der Waals surface area contributed by atoms with Crippen LogP contribution in [0.25, 0.3) is 0 Å². The van der Waals surface area contributed by atoms with E-state index in [-0.39, 0.29) is 17.5 Å². The topological polar surface area (TPSA) is 75.6 Å². The maximum Gasteiger partial charge on any atom is 0.341 e. The lowest BCUT2D eigenvalue weighted by Crippen LogP contribution is -2.26. The third kappa shape index (κ3) is 4.02. The number of aromatic carboxylic acids is 1. The zero-order valence-corrected chi connectivity index (χ0v) is 15.3. The number of carbonyl (C=O) groups is 1. The van der Waals surface area contributed by atoms with Crippen LogP contribution in [0.1, 0.15) is 47.4 Å². The molecule has 1 unspecified atom stereocenters. The third-order valence-corrected chi connectivity index (χ3v) is 4.78. The molecular weight excluding hydrogens is 330 g/mol. The van der Waals surface area contributed by atoms with Crippen molar-refractivity contribution in [3.8, 4) is 5.88 Å². The van der Waals surface area contributed by atoms with E-state index in [2.05, 4.69) is 27.2 Å². The molecule has 0 bridgehead atoms. The average Bonchev–Trinajstić information content (AvgIpc) is 3.08. The van der Waals surface area contributed by atoms with Crippen LogP contribution in [0.2, 0.25) is 0 Å². The molecule has 0 spiro atoms. The number of aromatic nitrogens is 2. The van der Waals surface area contributed by atoms with E-state index in [1.54, 1.807) is 0 Å². The highest BCUT2D eigenvalue weighted by Crippen LogP contribution is 2.26. The Hall–Kier alpha value is -2.47. The summed E-state index contributed by atoms with van der Waals surface area (Å²) in [5.74, 6) is -0.848. The fourth-order valence-corrected chi connectivity index (χ4v) is 3.49. The van der Waals surface area contributed by atoms with E-state index in [4.69, 9.17) is 4.74 Å². The minimum atomic E-state index is -0.999. The Balaban J connectivity index is 1.72. The van der Waals surface area contributed by atoms with Crippen molar-refractivity contribution in [1.29, 1.82) is 0 Å². The first-order valence-electron chi connectivity index (χ1n) is 9.17. The molecule has 2 aromatic rings. The van der Waals surface area contributed by atoms with Crippen LogP contribution >= 0.6 is 0 Å². The molecule has 6 heteroatoms. The van der Waals surface area contributed by atoms with Gasteiger partial charge in [0.05, 0.1) is 5.69 Å². The Morgan fingerprint density at radius 3 is 2.65 bits per heavy atom. The van der Waals surface area contributed by atoms with Gasteiger partial charge in [0, 0.05) is 19.6 Å². The smallest absolute Gasteiger partial charge is 0.341 e. The van der Waals surface area contributed by atoms with Crippen LogP contribution in [0.15, 0.2) is 30.3 Å². The molecule has 0 radical (unpaired) electrons. The zero-order chi connectivity index (χ0) is 18.5. The number of hydrogen-bond donors (Lipinski definition) is 1. The van der Waals surface area contributed by atoms with E-state index in [1.165, 1.54) is 5.56 Å². The predicted molar refractivity (Wildman–Crippen MR) is 98.5 cm³/mol. The molecule has 1 aliphatic heterocycles. The van der Waals surface area contributed by atoms with E-state index in [0.29, 0.717) is 12.8 Å². The van der Waals surface area contributed by atoms with Crippen molar-refractivity contribution in [1.82, 2.24) is 15.1 Å². The maximum absolute atomic E-state index is 11.8. The number of likely N-dealkylation sites (tertiary alicyclic amines) is 1. The Morgan fingerprint density at radius 1 is 1.23 bits per heavy atom. The second-order valence-corrected chi connectivity index (χ2v) is 6.57. The van der Waals surface area contributed by atoms with Crippen molar-refractivity contribution in [2.75, 3.05) is 13.1 Å². The quantitative estimate of drug-likeness (QED) is 0.823. The molecule has 0 aliphatic carbocycles. The second kappa shape index (κ2) is 8.27. The lowest BCUT2D eigenvalue weighted by molar-refractivity contribution is 0.0685. The molecule has 6 nitrogen and oxygen atoms in total. The van der Waals surface area contributed by atoms with Gasteiger partial charge in [0.2, 0.25) is 5.88 Å². The summed E-state index contributed by atoms with van der Waals surface area (Å²) < 4.78 is 5.98. The van der Waals surface area contributed by atoms with Crippen LogP contribution in [0.4, 0.5) is 0 Å². The molecule has 1 atom stereocenters. The molecule has 1 fully saturated rings. The van der Waals surface area contributed by atoms with Crippen molar-refractivity contribution in [2.45, 2.75) is 45.8 Å². The second-order valence-electron chi connectivity index (χ2n) is 6.57. The summed E-state index contributed by atoms with van der Waals surface area (Å²) in [5.41, 5.74) is 2.89. The summed E-state index contributed by atoms with van der Waals surface area (Å²) in [4.78, 5) is 14.1. The van der Waals surface area contributed by atoms with Crippen molar-refractivity contribution < 1.29 is 14.6 Å². The van der Waals surface area contributed by atoms with Gasteiger partial charge in [0.1, 0.15) is 11.7 Å². The molecule has 0 saturated carbocycles. The molecule has 26 heavy (non-hydrogen) atoms. The van der Waals surface area contributed by atoms with E-state index in [9.17, 15) is 9.90 Å². The first-order valence-corrected chi connectivity index (χ1v) is 9.17. The fraction of sp³-hybridized carbons (Fsp3) is 0.450. The van der Waals surface area contributed by atoms with Gasteiger partial charge in [0.15, 0.2) is 0 Å². The Bertz CT molecular complexity index is 764. The van der Waals surface area contributed by atoms with Gasteiger partial charge in [-0.1, -0.05) is 44.2 Å². The van der Waals surface area contributed by atoms with Crippen LogP contribution in [0, 0.1) is 0 Å². The number of hydrogen-bond acceptors (Lipinski definition) is 5. The summed E-state index contributed by atoms with van der Waals surface area (Å²) >= 11 is 0. The molecule has 1 N–H and O–H groups in total. The summed E-state index contributed by atoms with van der Waals surface area (Å²) in [6, 6.07) is 10.3. The number of carboxylic acid groups (broad SMARTS) is 1. The minimum Gasteiger partial charge on any atom is -0.477 e. The number of aryl methyl sites for hydroxylation is 1. The molecule has 1 aromatic carbocycles. The van der Waals surface area contributed by atoms with Crippen LogP contribution in [0.5, 0.6) is 5.88 Å². The van der Waals surface area contributed by atoms with Gasteiger partial charge in [-0.15, -0.1) is 5.10 Å². The number of benzene rings is 1. The molecule has 1 saturated heterocycles. The SMILES string of the molecule is CCc1nnc(OC2CCN(Cc3ccccc3)C2)c(C(=O)O)c1CC. The van der Waals surface area contributed by atoms with Gasteiger partial charge in [-0.3, -0.25) is 4.90 Å². The summed E-state index contributed by atoms with van der Waals surface area (Å²) in [6.07, 6.45) is 2.04. The normalized spacial score (nSPS) is 17.4. The minimum absolute atomic E-state index is 0.0664. The largest absolute Gasteiger partial charge is 0.477 e. The Labute approximate surface area is 153 Å². The van der Waals surface area contributed by atoms with Gasteiger partial charge in [-0.25, -0.2) is 4.79 Å². The Kier molecular flexibility index (Phi) is 5.83. The van der Waals surface area contributed by atoms with Crippen molar-refractivity contribution in [3.05, 3.63) is 52.7 Å². The van der Waals surface area contributed by atoms with Gasteiger partial charge < -0.3 is 9.84 Å². The van der Waals surface area contributed by atoms with Crippen molar-refractivity contribution in [3.63, 3.8) is 0 Å². The van der Waals surface area contributed by atoms with E-state index in [1.807, 2.05) is 32.0 Å². The van der Waals surface area contributed by atoms with Crippen LogP contribution in [0.3, 0.4) is 0 Å². The molecule has 3 rings (SSSR count). The van der Waals surface area contributed by atoms with Gasteiger partial charge in [0.25, 0.3) is 0 Å². The molecular formula is C20H25N3O3. The maximum atomic E-state index is 11.8. The molecule has 1 aromatic heterocycles. The molecule has 1 aliphatic rings. The summed E-state index contributed by atoms with van der Waals surface area (Å²) in [6.45, 7) is 6.43. The van der Waals surface area contributed by atoms with E-state index >= 15 is 0 Å². The predicted octanol–water partition coefficient (Wildman–Crippen LogP) is 2.95. The molecule has 2 heterocycles. The van der Waals surface area contributed by atoms with Gasteiger partial charge in [-0.05, 0) is 30.4 Å². The number of rotatable bonds is 7. The van der Waals surface area contributed by atoms with Crippen molar-refractivity contribution >= 4 is 5.97 Å². The highest BCUT2D eigenvalue weighted by atomic mass is 16.5. The highest BCUT2D eigenvalue weighted by molar-refractivity contribution is 5.92. The summed E-state index contributed by atoms with van der Waals surface area (Å²) in [5, 5.41) is 17.9. The van der Waals surface area contributed by atoms with Crippen LogP contribution in [-0.4, -0.2) is 45.4 Å². The van der Waals surface area contributed by atoms with Crippen LogP contribution in [-0.2, 0) is 19.4 Å². The van der Waals surface area contributed by atoms with E-state index in [0.717, 1.165) is 37.3 Å². The first-order chi connectivity index (χ1) is 12.6. The third-order valence-electron chi connectivity index (χ3n) is 4.78.